The van der Waals surface area contributed by atoms with Crippen LogP contribution in [-0.4, -0.2) is 4.98 Å². The molecule has 2 aromatic carbocycles. The highest BCUT2D eigenvalue weighted by Gasteiger charge is 2.12. The Morgan fingerprint density at radius 1 is 0.857 bits per heavy atom. The van der Waals surface area contributed by atoms with Crippen LogP contribution in [0, 0.1) is 0 Å². The molecule has 0 fully saturated rings. The number of nitrogens with zero attached hydrogens (tertiary/aromatic N) is 2. The molecule has 21 heavy (non-hydrogen) atoms. The summed E-state index contributed by atoms with van der Waals surface area (Å²) in [6.45, 7) is 1.64. The number of nitrogens with two attached hydrogens (primary N) is 1. The average Bonchev–Trinajstić information content (AvgIpc) is 2.95. The van der Waals surface area contributed by atoms with Crippen LogP contribution in [0.5, 0.6) is 0 Å². The zero-order chi connectivity index (χ0) is 14.5. The number of aromatic nitrogens is 1. The van der Waals surface area contributed by atoms with Crippen LogP contribution in [0.2, 0.25) is 0 Å². The van der Waals surface area contributed by atoms with Gasteiger partial charge < -0.3 is 10.6 Å². The zero-order valence-corrected chi connectivity index (χ0v) is 12.5. The van der Waals surface area contributed by atoms with Gasteiger partial charge in [-0.1, -0.05) is 72.0 Å². The van der Waals surface area contributed by atoms with Gasteiger partial charge in [-0.2, -0.15) is 0 Å². The van der Waals surface area contributed by atoms with Crippen LogP contribution in [0.15, 0.2) is 66.9 Å². The fourth-order valence-corrected chi connectivity index (χ4v) is 2.90. The van der Waals surface area contributed by atoms with Crippen molar-refractivity contribution < 1.29 is 0 Å². The Balaban J connectivity index is 1.84. The van der Waals surface area contributed by atoms with E-state index in [9.17, 15) is 0 Å². The Morgan fingerprint density at radius 3 is 1.81 bits per heavy atom. The Hall–Kier alpha value is -2.33. The summed E-state index contributed by atoms with van der Waals surface area (Å²) in [5.41, 5.74) is 8.36. The van der Waals surface area contributed by atoms with Crippen molar-refractivity contribution in [2.75, 3.05) is 10.6 Å². The fourth-order valence-electron chi connectivity index (χ4n) is 2.22. The minimum absolute atomic E-state index is 0.746. The monoisotopic (exact) mass is 295 g/mol. The highest BCUT2D eigenvalue weighted by molar-refractivity contribution is 7.19. The van der Waals surface area contributed by atoms with Crippen molar-refractivity contribution in [2.45, 2.75) is 13.1 Å². The van der Waals surface area contributed by atoms with Crippen molar-refractivity contribution in [3.05, 3.63) is 78.0 Å². The van der Waals surface area contributed by atoms with Gasteiger partial charge in [0, 0.05) is 13.1 Å². The molecule has 0 radical (unpaired) electrons. The van der Waals surface area contributed by atoms with Gasteiger partial charge in [-0.15, -0.1) is 0 Å². The lowest BCUT2D eigenvalue weighted by atomic mass is 10.2. The summed E-state index contributed by atoms with van der Waals surface area (Å²) in [5.74, 6) is 0. The van der Waals surface area contributed by atoms with Gasteiger partial charge in [0.2, 0.25) is 0 Å². The van der Waals surface area contributed by atoms with Crippen molar-refractivity contribution in [3.8, 4) is 0 Å². The van der Waals surface area contributed by atoms with Gasteiger partial charge in [0.15, 0.2) is 5.13 Å². The largest absolute Gasteiger partial charge is 0.389 e. The summed E-state index contributed by atoms with van der Waals surface area (Å²) in [6, 6.07) is 20.9. The van der Waals surface area contributed by atoms with Crippen LogP contribution in [0.4, 0.5) is 10.1 Å². The maximum atomic E-state index is 5.83. The van der Waals surface area contributed by atoms with Crippen molar-refractivity contribution in [1.82, 2.24) is 4.98 Å². The first-order valence-corrected chi connectivity index (χ1v) is 7.67. The third-order valence-corrected chi connectivity index (χ3v) is 4.10. The van der Waals surface area contributed by atoms with E-state index in [1.54, 1.807) is 6.20 Å². The van der Waals surface area contributed by atoms with Crippen molar-refractivity contribution in [3.63, 3.8) is 0 Å². The van der Waals surface area contributed by atoms with Crippen molar-refractivity contribution in [2.24, 2.45) is 0 Å². The van der Waals surface area contributed by atoms with Gasteiger partial charge in [-0.05, 0) is 11.1 Å². The second-order valence-corrected chi connectivity index (χ2v) is 5.91. The molecule has 0 bridgehead atoms. The quantitative estimate of drug-likeness (QED) is 0.775. The first kappa shape index (κ1) is 13.6. The summed E-state index contributed by atoms with van der Waals surface area (Å²) in [7, 11) is 0. The molecule has 1 heterocycles. The molecule has 0 atom stereocenters. The lowest BCUT2D eigenvalue weighted by Gasteiger charge is -2.22. The topological polar surface area (TPSA) is 42.1 Å². The molecule has 4 heteroatoms. The third-order valence-electron chi connectivity index (χ3n) is 3.21. The van der Waals surface area contributed by atoms with E-state index >= 15 is 0 Å². The number of benzene rings is 2. The lowest BCUT2D eigenvalue weighted by Crippen LogP contribution is -2.21. The molecular formula is C17H17N3S. The minimum Gasteiger partial charge on any atom is -0.389 e. The molecule has 106 valence electrons. The number of nitrogen functional groups attached to an aromatic ring is 1. The predicted molar refractivity (Wildman–Crippen MR) is 89.3 cm³/mol. The fraction of sp³-hybridized carbons (Fsp3) is 0.118. The van der Waals surface area contributed by atoms with Crippen LogP contribution < -0.4 is 10.6 Å². The highest BCUT2D eigenvalue weighted by Crippen LogP contribution is 2.27. The van der Waals surface area contributed by atoms with Crippen LogP contribution in [0.3, 0.4) is 0 Å². The van der Waals surface area contributed by atoms with E-state index in [1.165, 1.54) is 22.5 Å². The molecule has 1 aromatic heterocycles. The highest BCUT2D eigenvalue weighted by atomic mass is 32.1. The first-order valence-electron chi connectivity index (χ1n) is 6.85. The summed E-state index contributed by atoms with van der Waals surface area (Å²) in [5, 5.41) is 1.70. The second-order valence-electron chi connectivity index (χ2n) is 4.87. The van der Waals surface area contributed by atoms with Gasteiger partial charge in [0.1, 0.15) is 5.00 Å². The Morgan fingerprint density at radius 2 is 1.38 bits per heavy atom. The van der Waals surface area contributed by atoms with E-state index in [0.717, 1.165) is 23.2 Å². The molecule has 0 spiro atoms. The number of hydrogen-bond donors (Lipinski definition) is 1. The van der Waals surface area contributed by atoms with E-state index in [1.807, 2.05) is 12.1 Å². The second kappa shape index (κ2) is 6.41. The molecule has 0 saturated heterocycles. The molecule has 3 aromatic rings. The molecule has 2 N–H and O–H groups in total. The SMILES string of the molecule is Nc1cnc(N(Cc2ccccc2)Cc2ccccc2)s1. The third kappa shape index (κ3) is 3.61. The van der Waals surface area contributed by atoms with E-state index in [-0.39, 0.29) is 0 Å². The maximum Gasteiger partial charge on any atom is 0.187 e. The van der Waals surface area contributed by atoms with E-state index in [4.69, 9.17) is 5.73 Å². The number of thiazole rings is 1. The molecule has 3 rings (SSSR count). The molecule has 0 saturated carbocycles. The average molecular weight is 295 g/mol. The number of hydrogen-bond acceptors (Lipinski definition) is 4. The number of anilines is 2. The standard InChI is InChI=1S/C17H17N3S/c18-16-11-19-17(21-16)20(12-14-7-3-1-4-8-14)13-15-9-5-2-6-10-15/h1-11H,12-13,18H2. The summed E-state index contributed by atoms with van der Waals surface area (Å²) in [6.07, 6.45) is 1.73. The lowest BCUT2D eigenvalue weighted by molar-refractivity contribution is 0.795. The molecule has 0 aliphatic carbocycles. The molecule has 0 aliphatic heterocycles. The summed E-state index contributed by atoms with van der Waals surface area (Å²) >= 11 is 1.53. The first-order chi connectivity index (χ1) is 10.3. The van der Waals surface area contributed by atoms with Crippen LogP contribution in [0.1, 0.15) is 11.1 Å². The van der Waals surface area contributed by atoms with Gasteiger partial charge >= 0.3 is 0 Å². The predicted octanol–water partition coefficient (Wildman–Crippen LogP) is 3.93. The maximum absolute atomic E-state index is 5.83. The van der Waals surface area contributed by atoms with Crippen molar-refractivity contribution >= 4 is 21.5 Å². The van der Waals surface area contributed by atoms with E-state index in [2.05, 4.69) is 58.4 Å². The molecule has 3 nitrogen and oxygen atoms in total. The van der Waals surface area contributed by atoms with Gasteiger partial charge in [0.05, 0.1) is 6.20 Å². The van der Waals surface area contributed by atoms with Gasteiger partial charge in [-0.25, -0.2) is 4.98 Å². The van der Waals surface area contributed by atoms with Gasteiger partial charge in [0.25, 0.3) is 0 Å². The molecule has 0 amide bonds. The Labute approximate surface area is 128 Å². The minimum atomic E-state index is 0.746. The van der Waals surface area contributed by atoms with Crippen LogP contribution in [-0.2, 0) is 13.1 Å². The van der Waals surface area contributed by atoms with Crippen LogP contribution >= 0.6 is 11.3 Å². The van der Waals surface area contributed by atoms with E-state index < -0.39 is 0 Å². The Kier molecular flexibility index (Phi) is 4.17. The van der Waals surface area contributed by atoms with Crippen molar-refractivity contribution in [1.29, 1.82) is 0 Å². The van der Waals surface area contributed by atoms with Crippen LogP contribution in [0.25, 0.3) is 0 Å². The normalized spacial score (nSPS) is 10.5. The van der Waals surface area contributed by atoms with E-state index in [0.29, 0.717) is 0 Å². The Bertz CT molecular complexity index is 638. The molecule has 0 unspecified atom stereocenters. The summed E-state index contributed by atoms with van der Waals surface area (Å²) < 4.78 is 0. The zero-order valence-electron chi connectivity index (χ0n) is 11.6. The van der Waals surface area contributed by atoms with Gasteiger partial charge in [-0.3, -0.25) is 0 Å². The number of rotatable bonds is 5. The summed E-state index contributed by atoms with van der Waals surface area (Å²) in [4.78, 5) is 6.68. The smallest absolute Gasteiger partial charge is 0.187 e. The molecular weight excluding hydrogens is 278 g/mol. The molecule has 0 aliphatic rings.